The van der Waals surface area contributed by atoms with Gasteiger partial charge in [0.05, 0.1) is 36.3 Å². The molecule has 2 unspecified atom stereocenters. The third kappa shape index (κ3) is 8.93. The number of thiazole rings is 1. The number of benzene rings is 3. The lowest BCUT2D eigenvalue weighted by atomic mass is 9.81. The van der Waals surface area contributed by atoms with E-state index in [1.807, 2.05) is 25.1 Å². The molecule has 0 bridgehead atoms. The molecule has 2 heterocycles. The van der Waals surface area contributed by atoms with Gasteiger partial charge in [0.25, 0.3) is 6.33 Å². The first-order chi connectivity index (χ1) is 25.1. The van der Waals surface area contributed by atoms with Gasteiger partial charge in [-0.05, 0) is 73.5 Å². The number of aryl methyl sites for hydroxylation is 2. The highest BCUT2D eigenvalue weighted by atomic mass is 32.1. The number of alkyl halides is 3. The van der Waals surface area contributed by atoms with Gasteiger partial charge in [-0.1, -0.05) is 26.0 Å². The number of esters is 2. The van der Waals surface area contributed by atoms with Crippen molar-refractivity contribution in [2.75, 3.05) is 13.1 Å². The summed E-state index contributed by atoms with van der Waals surface area (Å²) in [7, 11) is 0. The number of aromatic nitrogens is 4. The maximum atomic E-state index is 15.7. The molecular weight excluding hydrogens is 720 g/mol. The Labute approximate surface area is 305 Å². The van der Waals surface area contributed by atoms with Crippen LogP contribution in [0.2, 0.25) is 0 Å². The van der Waals surface area contributed by atoms with E-state index < -0.39 is 53.4 Å². The number of halogens is 5. The summed E-state index contributed by atoms with van der Waals surface area (Å²) < 4.78 is 85.2. The van der Waals surface area contributed by atoms with Crippen molar-refractivity contribution in [3.05, 3.63) is 117 Å². The fraction of sp³-hybridized carbons (Fsp3) is 0.297. The van der Waals surface area contributed by atoms with Gasteiger partial charge in [-0.2, -0.15) is 18.4 Å². The van der Waals surface area contributed by atoms with Crippen LogP contribution in [0.25, 0.3) is 11.3 Å². The van der Waals surface area contributed by atoms with E-state index in [2.05, 4.69) is 15.4 Å². The van der Waals surface area contributed by atoms with Crippen molar-refractivity contribution in [2.24, 2.45) is 0 Å². The molecule has 1 N–H and O–H groups in total. The van der Waals surface area contributed by atoms with E-state index >= 15 is 4.39 Å². The van der Waals surface area contributed by atoms with Gasteiger partial charge >= 0.3 is 18.1 Å². The quantitative estimate of drug-likeness (QED) is 0.0632. The maximum Gasteiger partial charge on any atom is 0.490 e. The van der Waals surface area contributed by atoms with Gasteiger partial charge in [0.2, 0.25) is 6.33 Å². The lowest BCUT2D eigenvalue weighted by Crippen LogP contribution is -2.45. The van der Waals surface area contributed by atoms with E-state index in [9.17, 15) is 27.2 Å². The van der Waals surface area contributed by atoms with Crippen LogP contribution in [0.3, 0.4) is 0 Å². The predicted octanol–water partition coefficient (Wildman–Crippen LogP) is 6.43. The van der Waals surface area contributed by atoms with Crippen LogP contribution >= 0.6 is 11.3 Å². The molecule has 0 amide bonds. The summed E-state index contributed by atoms with van der Waals surface area (Å²) in [5.74, 6) is -6.08. The summed E-state index contributed by atoms with van der Waals surface area (Å²) >= 11 is 1.04. The van der Waals surface area contributed by atoms with E-state index in [0.29, 0.717) is 46.3 Å². The minimum Gasteiger partial charge on any atom is -0.443 e. The number of likely N-dealkylation sites (N-methyl/N-ethyl adjacent to an activating group) is 1. The number of rotatable bonds is 13. The van der Waals surface area contributed by atoms with E-state index in [1.54, 1.807) is 48.1 Å². The largest absolute Gasteiger partial charge is 0.490 e. The topological polar surface area (TPSA) is 123 Å². The first-order valence-electron chi connectivity index (χ1n) is 16.3. The van der Waals surface area contributed by atoms with E-state index in [1.165, 1.54) is 24.3 Å². The molecule has 0 aliphatic carbocycles. The normalized spacial score (nSPS) is 13.2. The number of nitrogens with zero attached hydrogens (tertiary/aromatic N) is 5. The Bertz CT molecular complexity index is 2140. The molecule has 10 nitrogen and oxygen atoms in total. The second-order valence-corrected chi connectivity index (χ2v) is 13.2. The minimum absolute atomic E-state index is 0.0488. The SMILES string of the molecule is CCNCC(=O)Oc1c(C)cc(C[n+]2cnn(CC(OC(=O)C(F)(F)F)(c3ccc(F)cc3F)C(C)c3nc(-c4ccc(C#N)cc4)cs3)c2)cc1C. The van der Waals surface area contributed by atoms with Crippen molar-refractivity contribution in [3.63, 3.8) is 0 Å². The Kier molecular flexibility index (Phi) is 11.7. The van der Waals surface area contributed by atoms with E-state index in [0.717, 1.165) is 29.0 Å². The van der Waals surface area contributed by atoms with Gasteiger partial charge in [0.1, 0.15) is 28.9 Å². The summed E-state index contributed by atoms with van der Waals surface area (Å²) in [5, 5.41) is 18.2. The van der Waals surface area contributed by atoms with Crippen LogP contribution in [0.4, 0.5) is 22.0 Å². The Balaban J connectivity index is 1.53. The fourth-order valence-corrected chi connectivity index (χ4v) is 6.84. The number of hydrogen-bond donors (Lipinski definition) is 1. The lowest BCUT2D eigenvalue weighted by Gasteiger charge is -2.36. The molecule has 0 aliphatic rings. The summed E-state index contributed by atoms with van der Waals surface area (Å²) in [6, 6.07) is 14.4. The van der Waals surface area contributed by atoms with Crippen molar-refractivity contribution >= 4 is 23.3 Å². The van der Waals surface area contributed by atoms with Gasteiger partial charge in [0.15, 0.2) is 5.60 Å². The van der Waals surface area contributed by atoms with Crippen LogP contribution in [0.5, 0.6) is 5.75 Å². The minimum atomic E-state index is -5.47. The van der Waals surface area contributed by atoms with Crippen LogP contribution < -0.4 is 14.6 Å². The predicted molar refractivity (Wildman–Crippen MR) is 182 cm³/mol. The molecule has 3 aromatic carbocycles. The molecule has 5 rings (SSSR count). The molecular formula is C37H34F5N6O4S+. The second kappa shape index (κ2) is 16.0. The number of nitrogens with one attached hydrogen (secondary N) is 1. The van der Waals surface area contributed by atoms with Gasteiger partial charge in [-0.3, -0.25) is 4.79 Å². The average molecular weight is 754 g/mol. The van der Waals surface area contributed by atoms with Crippen LogP contribution in [-0.4, -0.2) is 46.0 Å². The zero-order valence-corrected chi connectivity index (χ0v) is 29.8. The monoisotopic (exact) mass is 753 g/mol. The van der Waals surface area contributed by atoms with Crippen molar-refractivity contribution in [3.8, 4) is 23.1 Å². The van der Waals surface area contributed by atoms with Crippen LogP contribution in [0.1, 0.15) is 52.6 Å². The van der Waals surface area contributed by atoms with Crippen molar-refractivity contribution < 1.29 is 45.6 Å². The fourth-order valence-electron chi connectivity index (χ4n) is 5.87. The maximum absolute atomic E-state index is 15.7. The molecule has 0 radical (unpaired) electrons. The highest BCUT2D eigenvalue weighted by Gasteiger charge is 2.53. The van der Waals surface area contributed by atoms with Crippen LogP contribution in [0, 0.1) is 36.8 Å². The van der Waals surface area contributed by atoms with Gasteiger partial charge in [-0.15, -0.1) is 16.0 Å². The van der Waals surface area contributed by atoms with Crippen molar-refractivity contribution in [1.82, 2.24) is 20.1 Å². The lowest BCUT2D eigenvalue weighted by molar-refractivity contribution is -0.689. The molecule has 0 aliphatic heterocycles. The van der Waals surface area contributed by atoms with Crippen molar-refractivity contribution in [1.29, 1.82) is 5.26 Å². The number of nitriles is 1. The first kappa shape index (κ1) is 38.7. The smallest absolute Gasteiger partial charge is 0.443 e. The number of carbonyl (C=O) groups is 2. The summed E-state index contributed by atoms with van der Waals surface area (Å²) in [6.07, 6.45) is -2.63. The third-order valence-corrected chi connectivity index (χ3v) is 9.47. The molecule has 2 atom stereocenters. The summed E-state index contributed by atoms with van der Waals surface area (Å²) in [6.45, 7) is 7.12. The molecule has 0 spiro atoms. The molecule has 0 saturated heterocycles. The Morgan fingerprint density at radius 3 is 2.40 bits per heavy atom. The third-order valence-electron chi connectivity index (χ3n) is 8.44. The van der Waals surface area contributed by atoms with Crippen LogP contribution in [-0.2, 0) is 33.0 Å². The van der Waals surface area contributed by atoms with Gasteiger partial charge in [0, 0.05) is 27.7 Å². The first-order valence-corrected chi connectivity index (χ1v) is 17.2. The highest BCUT2D eigenvalue weighted by Crippen LogP contribution is 2.45. The van der Waals surface area contributed by atoms with Crippen molar-refractivity contribution in [2.45, 2.75) is 58.5 Å². The van der Waals surface area contributed by atoms with E-state index in [4.69, 9.17) is 14.7 Å². The Morgan fingerprint density at radius 2 is 1.77 bits per heavy atom. The zero-order valence-electron chi connectivity index (χ0n) is 29.0. The summed E-state index contributed by atoms with van der Waals surface area (Å²) in [4.78, 5) is 29.5. The second-order valence-electron chi connectivity index (χ2n) is 12.3. The summed E-state index contributed by atoms with van der Waals surface area (Å²) in [5.41, 5.74) is 0.622. The molecule has 16 heteroatoms. The highest BCUT2D eigenvalue weighted by molar-refractivity contribution is 7.10. The zero-order chi connectivity index (χ0) is 38.5. The van der Waals surface area contributed by atoms with Gasteiger partial charge in [-0.25, -0.2) is 23.1 Å². The number of ether oxygens (including phenoxy) is 2. The van der Waals surface area contributed by atoms with Crippen LogP contribution in [0.15, 0.2) is 72.6 Å². The van der Waals surface area contributed by atoms with Gasteiger partial charge < -0.3 is 14.8 Å². The molecule has 0 saturated carbocycles. The number of hydrogen-bond acceptors (Lipinski definition) is 9. The molecule has 2 aromatic heterocycles. The molecule has 53 heavy (non-hydrogen) atoms. The molecule has 5 aromatic rings. The standard InChI is InChI=1S/C37H34F5N6O4S/c1-5-44-16-32(49)51-33-22(2)12-26(13-23(33)3)17-47-20-45-48(21-47)19-36(52-35(50)37(40,41)42,29-11-10-28(38)14-30(29)39)24(4)34-46-31(18-53-34)27-8-6-25(15-43)7-9-27/h6-14,18,20-21,24,44H,5,16-17,19H2,1-4H3/q+1. The average Bonchev–Trinajstić information content (AvgIpc) is 3.78. The van der Waals surface area contributed by atoms with E-state index in [-0.39, 0.29) is 18.1 Å². The molecule has 0 fully saturated rings. The molecule has 276 valence electrons. The Hall–Kier alpha value is -5.53. The number of carbonyl (C=O) groups excluding carboxylic acids is 2. The Morgan fingerprint density at radius 1 is 1.08 bits per heavy atom.